The van der Waals surface area contributed by atoms with Crippen molar-refractivity contribution in [3.63, 3.8) is 0 Å². The Hall–Kier alpha value is -2.21. The summed E-state index contributed by atoms with van der Waals surface area (Å²) in [4.78, 5) is 19.3. The monoisotopic (exact) mass is 342 g/mol. The molecule has 1 saturated heterocycles. The van der Waals surface area contributed by atoms with Crippen molar-refractivity contribution in [3.05, 3.63) is 41.4 Å². The van der Waals surface area contributed by atoms with Gasteiger partial charge in [0.15, 0.2) is 5.82 Å². The second-order valence-electron chi connectivity index (χ2n) is 6.96. The summed E-state index contributed by atoms with van der Waals surface area (Å²) in [6.45, 7) is 7.64. The first-order chi connectivity index (χ1) is 12.0. The normalized spacial score (nSPS) is 18.0. The summed E-state index contributed by atoms with van der Waals surface area (Å²) in [5.41, 5.74) is 3.31. The van der Waals surface area contributed by atoms with Gasteiger partial charge in [0.25, 0.3) is 0 Å². The summed E-state index contributed by atoms with van der Waals surface area (Å²) in [5, 5.41) is 6.42. The molecule has 0 spiro atoms. The number of carbonyl (C=O) groups is 1. The molecule has 3 heterocycles. The van der Waals surface area contributed by atoms with Crippen molar-refractivity contribution < 1.29 is 9.32 Å². The molecule has 1 fully saturated rings. The number of pyridine rings is 1. The van der Waals surface area contributed by atoms with Crippen molar-refractivity contribution in [2.24, 2.45) is 0 Å². The van der Waals surface area contributed by atoms with Gasteiger partial charge in [-0.25, -0.2) is 0 Å². The number of hydrogen-bond donors (Lipinski definition) is 1. The minimum Gasteiger partial charge on any atom is -0.363 e. The van der Waals surface area contributed by atoms with Gasteiger partial charge in [-0.05, 0) is 64.3 Å². The summed E-state index contributed by atoms with van der Waals surface area (Å²) in [5.74, 6) is 0.393. The molecule has 0 aliphatic carbocycles. The van der Waals surface area contributed by atoms with Crippen LogP contribution in [-0.2, 0) is 11.2 Å². The summed E-state index contributed by atoms with van der Waals surface area (Å²) in [6, 6.07) is 6.78. The number of aryl methyl sites for hydroxylation is 2. The average molecular weight is 342 g/mol. The Bertz CT molecular complexity index is 712. The lowest BCUT2D eigenvalue weighted by molar-refractivity contribution is -0.116. The summed E-state index contributed by atoms with van der Waals surface area (Å²) >= 11 is 0. The van der Waals surface area contributed by atoms with Crippen LogP contribution in [0.1, 0.15) is 56.1 Å². The number of aromatic nitrogens is 2. The Morgan fingerprint density at radius 3 is 3.00 bits per heavy atom. The van der Waals surface area contributed by atoms with Crippen molar-refractivity contribution in [2.75, 3.05) is 11.9 Å². The summed E-state index contributed by atoms with van der Waals surface area (Å²) in [7, 11) is 0. The zero-order chi connectivity index (χ0) is 17.8. The molecule has 1 N–H and O–H groups in total. The van der Waals surface area contributed by atoms with Crippen LogP contribution in [0.3, 0.4) is 0 Å². The number of likely N-dealkylation sites (tertiary alicyclic amines) is 1. The molecule has 2 aromatic heterocycles. The van der Waals surface area contributed by atoms with E-state index in [2.05, 4.69) is 41.4 Å². The van der Waals surface area contributed by atoms with Crippen LogP contribution in [0.2, 0.25) is 0 Å². The zero-order valence-corrected chi connectivity index (χ0v) is 15.2. The van der Waals surface area contributed by atoms with Gasteiger partial charge in [-0.3, -0.25) is 14.7 Å². The van der Waals surface area contributed by atoms with Gasteiger partial charge in [0.2, 0.25) is 5.91 Å². The molecule has 0 aromatic carbocycles. The van der Waals surface area contributed by atoms with Gasteiger partial charge >= 0.3 is 0 Å². The van der Waals surface area contributed by atoms with Crippen LogP contribution in [0, 0.1) is 6.92 Å². The van der Waals surface area contributed by atoms with Gasteiger partial charge in [0.1, 0.15) is 6.26 Å². The van der Waals surface area contributed by atoms with Gasteiger partial charge < -0.3 is 9.84 Å². The molecule has 2 aromatic rings. The van der Waals surface area contributed by atoms with E-state index in [1.165, 1.54) is 12.7 Å². The maximum Gasteiger partial charge on any atom is 0.225 e. The van der Waals surface area contributed by atoms with Crippen molar-refractivity contribution >= 4 is 11.7 Å². The molecule has 1 atom stereocenters. The zero-order valence-electron chi connectivity index (χ0n) is 15.2. The van der Waals surface area contributed by atoms with E-state index in [1.54, 1.807) is 6.07 Å². The van der Waals surface area contributed by atoms with Gasteiger partial charge in [-0.2, -0.15) is 0 Å². The molecule has 1 aliphatic rings. The van der Waals surface area contributed by atoms with E-state index in [9.17, 15) is 4.79 Å². The number of rotatable bonds is 6. The van der Waals surface area contributed by atoms with E-state index < -0.39 is 0 Å². The predicted molar refractivity (Wildman–Crippen MR) is 96.2 cm³/mol. The molecule has 0 bridgehead atoms. The van der Waals surface area contributed by atoms with E-state index in [4.69, 9.17) is 9.51 Å². The van der Waals surface area contributed by atoms with Gasteiger partial charge in [0, 0.05) is 24.2 Å². The Kier molecular flexibility index (Phi) is 5.48. The fourth-order valence-electron chi connectivity index (χ4n) is 3.55. The van der Waals surface area contributed by atoms with Gasteiger partial charge in [0.05, 0.1) is 11.7 Å². The van der Waals surface area contributed by atoms with E-state index in [0.717, 1.165) is 29.9 Å². The van der Waals surface area contributed by atoms with Crippen LogP contribution >= 0.6 is 0 Å². The average Bonchev–Trinajstić information content (AvgIpc) is 3.23. The van der Waals surface area contributed by atoms with Gasteiger partial charge in [-0.15, -0.1) is 0 Å². The van der Waals surface area contributed by atoms with E-state index in [0.29, 0.717) is 30.7 Å². The van der Waals surface area contributed by atoms with E-state index in [-0.39, 0.29) is 5.91 Å². The van der Waals surface area contributed by atoms with Crippen molar-refractivity contribution in [1.82, 2.24) is 15.0 Å². The minimum atomic E-state index is -0.0606. The van der Waals surface area contributed by atoms with Crippen LogP contribution in [0.5, 0.6) is 0 Å². The molecule has 6 nitrogen and oxygen atoms in total. The molecule has 1 amide bonds. The molecule has 0 unspecified atom stereocenters. The molecule has 3 rings (SSSR count). The summed E-state index contributed by atoms with van der Waals surface area (Å²) < 4.78 is 4.72. The SMILES string of the molecule is Cc1cc(CCC(=O)Nc2ccon2)cc([C@H]2CCCN2C(C)C)n1. The highest BCUT2D eigenvalue weighted by Crippen LogP contribution is 2.33. The molecule has 0 saturated carbocycles. The lowest BCUT2D eigenvalue weighted by Gasteiger charge is -2.28. The van der Waals surface area contributed by atoms with Crippen LogP contribution in [0.15, 0.2) is 29.0 Å². The highest BCUT2D eigenvalue weighted by atomic mass is 16.5. The molecule has 25 heavy (non-hydrogen) atoms. The van der Waals surface area contributed by atoms with Crippen molar-refractivity contribution in [2.45, 2.75) is 58.5 Å². The first-order valence-corrected chi connectivity index (χ1v) is 8.96. The second kappa shape index (κ2) is 7.78. The first-order valence-electron chi connectivity index (χ1n) is 8.96. The number of amides is 1. The van der Waals surface area contributed by atoms with Crippen LogP contribution < -0.4 is 5.32 Å². The van der Waals surface area contributed by atoms with E-state index >= 15 is 0 Å². The first kappa shape index (κ1) is 17.6. The lowest BCUT2D eigenvalue weighted by Crippen LogP contribution is -2.30. The van der Waals surface area contributed by atoms with Crippen LogP contribution in [0.4, 0.5) is 5.82 Å². The van der Waals surface area contributed by atoms with Crippen LogP contribution in [0.25, 0.3) is 0 Å². The smallest absolute Gasteiger partial charge is 0.225 e. The largest absolute Gasteiger partial charge is 0.363 e. The molecule has 1 aliphatic heterocycles. The fourth-order valence-corrected chi connectivity index (χ4v) is 3.55. The molecule has 134 valence electrons. The Morgan fingerprint density at radius 2 is 2.28 bits per heavy atom. The van der Waals surface area contributed by atoms with Crippen LogP contribution in [-0.4, -0.2) is 33.5 Å². The number of anilines is 1. The second-order valence-corrected chi connectivity index (χ2v) is 6.96. The maximum absolute atomic E-state index is 12.0. The highest BCUT2D eigenvalue weighted by molar-refractivity contribution is 5.89. The number of carbonyl (C=O) groups excluding carboxylic acids is 1. The molecular formula is C19H26N4O2. The highest BCUT2D eigenvalue weighted by Gasteiger charge is 2.29. The standard InChI is InChI=1S/C19H26N4O2/c1-13(2)23-9-4-5-17(23)16-12-15(11-14(3)20-16)6-7-19(24)21-18-8-10-25-22-18/h8,10-13,17H,4-7,9H2,1-3H3,(H,21,22,24)/t17-/m1/s1. The third-order valence-electron chi connectivity index (χ3n) is 4.68. The topological polar surface area (TPSA) is 71.3 Å². The Labute approximate surface area is 148 Å². The Balaban J connectivity index is 1.66. The lowest BCUT2D eigenvalue weighted by atomic mass is 10.0. The van der Waals surface area contributed by atoms with Crippen molar-refractivity contribution in [1.29, 1.82) is 0 Å². The van der Waals surface area contributed by atoms with Crippen molar-refractivity contribution in [3.8, 4) is 0 Å². The number of nitrogens with zero attached hydrogens (tertiary/aromatic N) is 3. The predicted octanol–water partition coefficient (Wildman–Crippen LogP) is 3.49. The summed E-state index contributed by atoms with van der Waals surface area (Å²) in [6.07, 6.45) is 4.91. The third kappa shape index (κ3) is 4.45. The number of hydrogen-bond acceptors (Lipinski definition) is 5. The Morgan fingerprint density at radius 1 is 1.44 bits per heavy atom. The third-order valence-corrected chi connectivity index (χ3v) is 4.68. The molecule has 0 radical (unpaired) electrons. The molecule has 6 heteroatoms. The minimum absolute atomic E-state index is 0.0606. The van der Waals surface area contributed by atoms with E-state index in [1.807, 2.05) is 6.92 Å². The number of nitrogens with one attached hydrogen (secondary N) is 1. The molecular weight excluding hydrogens is 316 g/mol. The quantitative estimate of drug-likeness (QED) is 0.870. The fraction of sp³-hybridized carbons (Fsp3) is 0.526. The van der Waals surface area contributed by atoms with Gasteiger partial charge in [-0.1, -0.05) is 5.16 Å². The maximum atomic E-state index is 12.0.